The summed E-state index contributed by atoms with van der Waals surface area (Å²) < 4.78 is 28.6. The third kappa shape index (κ3) is 2.95. The van der Waals surface area contributed by atoms with Crippen molar-refractivity contribution in [3.63, 3.8) is 0 Å². The highest BCUT2D eigenvalue weighted by molar-refractivity contribution is 7.92. The van der Waals surface area contributed by atoms with Crippen LogP contribution in [0.1, 0.15) is 0 Å². The first kappa shape index (κ1) is 13.4. The molecule has 0 aliphatic rings. The average molecular weight is 299 g/mol. The van der Waals surface area contributed by atoms with Crippen LogP contribution in [0.15, 0.2) is 78.0 Å². The molecule has 2 aromatic carbocycles. The Hall–Kier alpha value is -2.60. The van der Waals surface area contributed by atoms with Crippen LogP contribution in [0, 0.1) is 0 Å². The van der Waals surface area contributed by atoms with Gasteiger partial charge in [-0.15, -0.1) is 0 Å². The van der Waals surface area contributed by atoms with E-state index in [0.29, 0.717) is 5.69 Å². The Morgan fingerprint density at radius 3 is 2.24 bits per heavy atom. The molecule has 3 rings (SSSR count). The van der Waals surface area contributed by atoms with E-state index in [-0.39, 0.29) is 4.90 Å². The minimum absolute atomic E-state index is 0.237. The second-order valence-corrected chi connectivity index (χ2v) is 6.10. The number of sulfonamides is 1. The van der Waals surface area contributed by atoms with E-state index in [1.54, 1.807) is 65.5 Å². The normalized spacial score (nSPS) is 11.2. The summed E-state index contributed by atoms with van der Waals surface area (Å²) in [5.41, 5.74) is 1.37. The summed E-state index contributed by atoms with van der Waals surface area (Å²) in [6, 6.07) is 17.1. The number of hydrogen-bond acceptors (Lipinski definition) is 3. The van der Waals surface area contributed by atoms with Crippen molar-refractivity contribution in [2.24, 2.45) is 0 Å². The lowest BCUT2D eigenvalue weighted by Gasteiger charge is -2.09. The molecule has 0 fully saturated rings. The molecule has 0 unspecified atom stereocenters. The molecule has 1 aromatic heterocycles. The summed E-state index contributed by atoms with van der Waals surface area (Å²) in [5.74, 6) is 0. The Balaban J connectivity index is 1.83. The quantitative estimate of drug-likeness (QED) is 0.805. The van der Waals surface area contributed by atoms with Crippen molar-refractivity contribution in [3.05, 3.63) is 73.1 Å². The Bertz CT molecular complexity index is 811. The molecule has 0 atom stereocenters. The smallest absolute Gasteiger partial charge is 0.261 e. The maximum atomic E-state index is 12.2. The van der Waals surface area contributed by atoms with Crippen LogP contribution in [0.4, 0.5) is 5.69 Å². The number of aromatic nitrogens is 2. The van der Waals surface area contributed by atoms with Gasteiger partial charge < -0.3 is 0 Å². The van der Waals surface area contributed by atoms with E-state index in [4.69, 9.17) is 0 Å². The zero-order chi connectivity index (χ0) is 14.7. The van der Waals surface area contributed by atoms with Gasteiger partial charge in [-0.1, -0.05) is 18.2 Å². The molecule has 3 aromatic rings. The van der Waals surface area contributed by atoms with E-state index in [2.05, 4.69) is 9.82 Å². The zero-order valence-electron chi connectivity index (χ0n) is 11.0. The van der Waals surface area contributed by atoms with Crippen molar-refractivity contribution in [1.29, 1.82) is 0 Å². The highest BCUT2D eigenvalue weighted by Crippen LogP contribution is 2.17. The molecule has 0 saturated heterocycles. The number of benzene rings is 2. The molecule has 0 spiro atoms. The van der Waals surface area contributed by atoms with Crippen LogP contribution in [-0.2, 0) is 10.0 Å². The Kier molecular flexibility index (Phi) is 3.45. The molecule has 21 heavy (non-hydrogen) atoms. The number of rotatable bonds is 4. The van der Waals surface area contributed by atoms with Crippen LogP contribution >= 0.6 is 0 Å². The fourth-order valence-corrected chi connectivity index (χ4v) is 3.00. The van der Waals surface area contributed by atoms with Gasteiger partial charge in [0.25, 0.3) is 10.0 Å². The molecule has 5 nitrogen and oxygen atoms in total. The zero-order valence-corrected chi connectivity index (χ0v) is 11.9. The highest BCUT2D eigenvalue weighted by Gasteiger charge is 2.13. The highest BCUT2D eigenvalue weighted by atomic mass is 32.2. The van der Waals surface area contributed by atoms with Gasteiger partial charge in [0.05, 0.1) is 10.6 Å². The minimum Gasteiger partial charge on any atom is -0.280 e. The molecule has 106 valence electrons. The number of anilines is 1. The average Bonchev–Trinajstić information content (AvgIpc) is 3.03. The molecular formula is C15H13N3O2S. The van der Waals surface area contributed by atoms with Crippen LogP contribution < -0.4 is 4.72 Å². The van der Waals surface area contributed by atoms with Gasteiger partial charge in [0.15, 0.2) is 0 Å². The van der Waals surface area contributed by atoms with E-state index in [1.807, 2.05) is 12.3 Å². The van der Waals surface area contributed by atoms with Crippen LogP contribution in [0.5, 0.6) is 0 Å². The summed E-state index contributed by atoms with van der Waals surface area (Å²) in [6.07, 6.45) is 3.51. The molecule has 0 bridgehead atoms. The maximum absolute atomic E-state index is 12.2. The van der Waals surface area contributed by atoms with E-state index in [0.717, 1.165) is 5.69 Å². The number of hydrogen-bond donors (Lipinski definition) is 1. The predicted octanol–water partition coefficient (Wildman–Crippen LogP) is 2.67. The standard InChI is InChI=1S/C15H13N3O2S/c19-21(20,15-5-2-1-3-6-15)17-13-7-9-14(10-8-13)18-12-4-11-16-18/h1-12,17H. The minimum atomic E-state index is -3.55. The summed E-state index contributed by atoms with van der Waals surface area (Å²) in [7, 11) is -3.55. The first-order valence-electron chi connectivity index (χ1n) is 6.33. The molecular weight excluding hydrogens is 286 g/mol. The van der Waals surface area contributed by atoms with E-state index >= 15 is 0 Å². The van der Waals surface area contributed by atoms with E-state index in [9.17, 15) is 8.42 Å². The van der Waals surface area contributed by atoms with Crippen molar-refractivity contribution in [2.45, 2.75) is 4.90 Å². The molecule has 0 amide bonds. The van der Waals surface area contributed by atoms with E-state index in [1.165, 1.54) is 0 Å². The van der Waals surface area contributed by atoms with Crippen molar-refractivity contribution in [1.82, 2.24) is 9.78 Å². The van der Waals surface area contributed by atoms with Gasteiger partial charge in [0.2, 0.25) is 0 Å². The number of nitrogens with one attached hydrogen (secondary N) is 1. The Morgan fingerprint density at radius 2 is 1.62 bits per heavy atom. The number of nitrogens with zero attached hydrogens (tertiary/aromatic N) is 2. The summed E-state index contributed by atoms with van der Waals surface area (Å²) in [6.45, 7) is 0. The third-order valence-electron chi connectivity index (χ3n) is 2.94. The second-order valence-electron chi connectivity index (χ2n) is 4.42. The van der Waals surface area contributed by atoms with Gasteiger partial charge in [-0.25, -0.2) is 13.1 Å². The van der Waals surface area contributed by atoms with E-state index < -0.39 is 10.0 Å². The predicted molar refractivity (Wildman–Crippen MR) is 80.8 cm³/mol. The molecule has 1 N–H and O–H groups in total. The van der Waals surface area contributed by atoms with Crippen LogP contribution in [0.3, 0.4) is 0 Å². The maximum Gasteiger partial charge on any atom is 0.261 e. The van der Waals surface area contributed by atoms with Crippen LogP contribution in [0.25, 0.3) is 5.69 Å². The fourth-order valence-electron chi connectivity index (χ4n) is 1.92. The summed E-state index contributed by atoms with van der Waals surface area (Å²) in [4.78, 5) is 0.237. The SMILES string of the molecule is O=S(=O)(Nc1ccc(-n2cccn2)cc1)c1ccccc1. The topological polar surface area (TPSA) is 64.0 Å². The van der Waals surface area contributed by atoms with Crippen molar-refractivity contribution in [2.75, 3.05) is 4.72 Å². The second kappa shape index (κ2) is 5.41. The Morgan fingerprint density at radius 1 is 0.905 bits per heavy atom. The largest absolute Gasteiger partial charge is 0.280 e. The van der Waals surface area contributed by atoms with Crippen molar-refractivity contribution in [3.8, 4) is 5.69 Å². The van der Waals surface area contributed by atoms with Crippen LogP contribution in [0.2, 0.25) is 0 Å². The molecule has 0 aliphatic carbocycles. The lowest BCUT2D eigenvalue weighted by atomic mass is 10.3. The molecule has 1 heterocycles. The van der Waals surface area contributed by atoms with Gasteiger partial charge in [-0.2, -0.15) is 5.10 Å². The van der Waals surface area contributed by atoms with Gasteiger partial charge >= 0.3 is 0 Å². The Labute approximate surface area is 122 Å². The first-order valence-corrected chi connectivity index (χ1v) is 7.81. The molecule has 0 saturated carbocycles. The third-order valence-corrected chi connectivity index (χ3v) is 4.34. The lowest BCUT2D eigenvalue weighted by Crippen LogP contribution is -2.12. The van der Waals surface area contributed by atoms with Gasteiger partial charge in [-0.05, 0) is 42.5 Å². The lowest BCUT2D eigenvalue weighted by molar-refractivity contribution is 0.601. The molecule has 0 aliphatic heterocycles. The summed E-state index contributed by atoms with van der Waals surface area (Å²) in [5, 5.41) is 4.12. The van der Waals surface area contributed by atoms with Crippen molar-refractivity contribution < 1.29 is 8.42 Å². The summed E-state index contributed by atoms with van der Waals surface area (Å²) >= 11 is 0. The van der Waals surface area contributed by atoms with Crippen molar-refractivity contribution >= 4 is 15.7 Å². The fraction of sp³-hybridized carbons (Fsp3) is 0. The van der Waals surface area contributed by atoms with Gasteiger partial charge in [0, 0.05) is 18.1 Å². The molecule has 6 heteroatoms. The monoisotopic (exact) mass is 299 g/mol. The van der Waals surface area contributed by atoms with Gasteiger partial charge in [0.1, 0.15) is 0 Å². The first-order chi connectivity index (χ1) is 10.1. The van der Waals surface area contributed by atoms with Crippen LogP contribution in [-0.4, -0.2) is 18.2 Å². The van der Waals surface area contributed by atoms with Gasteiger partial charge in [-0.3, -0.25) is 4.72 Å². The molecule has 0 radical (unpaired) electrons.